The molecule has 0 atom stereocenters. The highest BCUT2D eigenvalue weighted by atomic mass is 16.5. The van der Waals surface area contributed by atoms with E-state index in [2.05, 4.69) is 20.0 Å². The lowest BCUT2D eigenvalue weighted by atomic mass is 9.88. The second-order valence-electron chi connectivity index (χ2n) is 3.50. The van der Waals surface area contributed by atoms with Gasteiger partial charge in [0.2, 0.25) is 0 Å². The molecule has 0 radical (unpaired) electrons. The zero-order valence-corrected chi connectivity index (χ0v) is 7.63. The Morgan fingerprint density at radius 3 is 2.75 bits per heavy atom. The molecule has 1 aliphatic rings. The molecule has 0 aliphatic heterocycles. The molecule has 1 nitrogen and oxygen atoms in total. The summed E-state index contributed by atoms with van der Waals surface area (Å²) in [5.74, 6) is 1.81. The summed E-state index contributed by atoms with van der Waals surface area (Å²) >= 11 is 0. The number of methoxy groups -OCH3 is 1. The molecule has 0 spiro atoms. The third kappa shape index (κ3) is 1.34. The maximum atomic E-state index is 5.19. The Labute approximate surface area is 74.2 Å². The van der Waals surface area contributed by atoms with E-state index in [0.29, 0.717) is 0 Å². The summed E-state index contributed by atoms with van der Waals surface area (Å²) in [7, 11) is 3.90. The van der Waals surface area contributed by atoms with Crippen molar-refractivity contribution >= 4 is 13.3 Å². The zero-order chi connectivity index (χ0) is 8.55. The van der Waals surface area contributed by atoms with Gasteiger partial charge in [0, 0.05) is 0 Å². The molecule has 12 heavy (non-hydrogen) atoms. The summed E-state index contributed by atoms with van der Waals surface area (Å²) in [4.78, 5) is 0. The Morgan fingerprint density at radius 1 is 1.42 bits per heavy atom. The van der Waals surface area contributed by atoms with Gasteiger partial charge in [-0.2, -0.15) is 0 Å². The van der Waals surface area contributed by atoms with Crippen molar-refractivity contribution in [2.45, 2.75) is 18.8 Å². The van der Waals surface area contributed by atoms with Crippen LogP contribution >= 0.6 is 0 Å². The van der Waals surface area contributed by atoms with E-state index in [4.69, 9.17) is 4.74 Å². The van der Waals surface area contributed by atoms with Crippen molar-refractivity contribution in [3.8, 4) is 5.75 Å². The lowest BCUT2D eigenvalue weighted by Gasteiger charge is -2.06. The Balaban J connectivity index is 2.36. The maximum Gasteiger partial charge on any atom is 0.139 e. The van der Waals surface area contributed by atoms with Gasteiger partial charge in [-0.3, -0.25) is 0 Å². The van der Waals surface area contributed by atoms with E-state index in [1.165, 1.54) is 23.9 Å². The number of ether oxygens (including phenoxy) is 1. The largest absolute Gasteiger partial charge is 0.497 e. The predicted molar refractivity (Wildman–Crippen MR) is 53.1 cm³/mol. The summed E-state index contributed by atoms with van der Waals surface area (Å²) in [5, 5.41) is 0. The first kappa shape index (κ1) is 7.72. The van der Waals surface area contributed by atoms with E-state index in [1.54, 1.807) is 7.11 Å². The van der Waals surface area contributed by atoms with E-state index < -0.39 is 0 Å². The third-order valence-electron chi connectivity index (χ3n) is 2.50. The first-order valence-corrected chi connectivity index (χ1v) is 4.46. The van der Waals surface area contributed by atoms with Crippen molar-refractivity contribution < 1.29 is 4.74 Å². The average Bonchev–Trinajstić information content (AvgIpc) is 2.88. The van der Waals surface area contributed by atoms with Crippen LogP contribution in [0.1, 0.15) is 24.3 Å². The molecule has 62 valence electrons. The fraction of sp³-hybridized carbons (Fsp3) is 0.400. The topological polar surface area (TPSA) is 9.23 Å². The van der Waals surface area contributed by atoms with E-state index in [1.807, 2.05) is 6.07 Å². The van der Waals surface area contributed by atoms with Gasteiger partial charge < -0.3 is 4.74 Å². The minimum absolute atomic E-state index is 0.820. The molecule has 1 aromatic rings. The van der Waals surface area contributed by atoms with Crippen molar-refractivity contribution in [3.05, 3.63) is 23.8 Å². The van der Waals surface area contributed by atoms with E-state index in [0.717, 1.165) is 11.7 Å². The van der Waals surface area contributed by atoms with Crippen LogP contribution in [-0.2, 0) is 0 Å². The molecule has 0 heterocycles. The maximum absolute atomic E-state index is 5.19. The van der Waals surface area contributed by atoms with Gasteiger partial charge in [-0.15, -0.1) is 0 Å². The van der Waals surface area contributed by atoms with Gasteiger partial charge in [0.05, 0.1) is 7.11 Å². The molecule has 2 heteroatoms. The first-order chi connectivity index (χ1) is 5.81. The van der Waals surface area contributed by atoms with Crippen LogP contribution in [0.3, 0.4) is 0 Å². The van der Waals surface area contributed by atoms with Gasteiger partial charge in [-0.1, -0.05) is 11.5 Å². The van der Waals surface area contributed by atoms with Crippen LogP contribution in [-0.4, -0.2) is 15.0 Å². The quantitative estimate of drug-likeness (QED) is 0.582. The number of hydrogen-bond acceptors (Lipinski definition) is 1. The number of rotatable bonds is 2. The minimum atomic E-state index is 0.820. The highest BCUT2D eigenvalue weighted by molar-refractivity contribution is 6.33. The Kier molecular flexibility index (Phi) is 1.83. The Hall–Kier alpha value is -0.915. The van der Waals surface area contributed by atoms with Crippen molar-refractivity contribution in [1.82, 2.24) is 0 Å². The zero-order valence-electron chi connectivity index (χ0n) is 7.63. The monoisotopic (exact) mass is 160 g/mol. The van der Waals surface area contributed by atoms with Crippen molar-refractivity contribution in [3.63, 3.8) is 0 Å². The van der Waals surface area contributed by atoms with Crippen LogP contribution in [0.2, 0.25) is 0 Å². The fourth-order valence-electron chi connectivity index (χ4n) is 1.58. The van der Waals surface area contributed by atoms with E-state index in [-0.39, 0.29) is 0 Å². The van der Waals surface area contributed by atoms with Crippen molar-refractivity contribution in [1.29, 1.82) is 0 Å². The SMILES string of the molecule is Bc1ccc(OC)cc1C1CC1. The molecule has 0 aromatic heterocycles. The van der Waals surface area contributed by atoms with Gasteiger partial charge in [0.1, 0.15) is 13.6 Å². The summed E-state index contributed by atoms with van der Waals surface area (Å²) < 4.78 is 5.19. The highest BCUT2D eigenvalue weighted by Crippen LogP contribution is 2.39. The fourth-order valence-corrected chi connectivity index (χ4v) is 1.58. The molecule has 1 saturated carbocycles. The second kappa shape index (κ2) is 2.85. The van der Waals surface area contributed by atoms with Gasteiger partial charge >= 0.3 is 0 Å². The molecule has 0 bridgehead atoms. The number of hydrogen-bond donors (Lipinski definition) is 0. The molecule has 1 aromatic carbocycles. The van der Waals surface area contributed by atoms with Crippen LogP contribution in [0.15, 0.2) is 18.2 Å². The summed E-state index contributed by atoms with van der Waals surface area (Å²) in [5.41, 5.74) is 2.88. The van der Waals surface area contributed by atoms with E-state index >= 15 is 0 Å². The summed E-state index contributed by atoms with van der Waals surface area (Å²) in [6.07, 6.45) is 2.71. The summed E-state index contributed by atoms with van der Waals surface area (Å²) in [6.45, 7) is 0. The molecular weight excluding hydrogens is 147 g/mol. The second-order valence-corrected chi connectivity index (χ2v) is 3.50. The first-order valence-electron chi connectivity index (χ1n) is 4.46. The van der Waals surface area contributed by atoms with Crippen molar-refractivity contribution in [2.75, 3.05) is 7.11 Å². The molecule has 0 amide bonds. The predicted octanol–water partition coefficient (Wildman–Crippen LogP) is 0.831. The highest BCUT2D eigenvalue weighted by Gasteiger charge is 2.24. The standard InChI is InChI=1S/C10H13BO/c1-12-8-4-5-10(11)9(6-8)7-2-3-7/h4-7H,2-3,11H2,1H3. The van der Waals surface area contributed by atoms with Gasteiger partial charge in [-0.05, 0) is 36.5 Å². The van der Waals surface area contributed by atoms with Crippen molar-refractivity contribution in [2.24, 2.45) is 0 Å². The average molecular weight is 160 g/mol. The van der Waals surface area contributed by atoms with Crippen LogP contribution < -0.4 is 10.2 Å². The normalized spacial score (nSPS) is 16.1. The van der Waals surface area contributed by atoms with Gasteiger partial charge in [0.25, 0.3) is 0 Å². The van der Waals surface area contributed by atoms with Gasteiger partial charge in [0.15, 0.2) is 0 Å². The van der Waals surface area contributed by atoms with Crippen LogP contribution in [0, 0.1) is 0 Å². The molecule has 1 fully saturated rings. The summed E-state index contributed by atoms with van der Waals surface area (Å²) in [6, 6.07) is 6.35. The lowest BCUT2D eigenvalue weighted by Crippen LogP contribution is -2.08. The smallest absolute Gasteiger partial charge is 0.139 e. The van der Waals surface area contributed by atoms with Gasteiger partial charge in [-0.25, -0.2) is 0 Å². The molecule has 0 N–H and O–H groups in total. The Morgan fingerprint density at radius 2 is 2.17 bits per heavy atom. The third-order valence-corrected chi connectivity index (χ3v) is 2.50. The van der Waals surface area contributed by atoms with Crippen LogP contribution in [0.4, 0.5) is 0 Å². The lowest BCUT2D eigenvalue weighted by molar-refractivity contribution is 0.414. The van der Waals surface area contributed by atoms with Crippen LogP contribution in [0.25, 0.3) is 0 Å². The molecule has 0 unspecified atom stereocenters. The van der Waals surface area contributed by atoms with E-state index in [9.17, 15) is 0 Å². The minimum Gasteiger partial charge on any atom is -0.497 e. The number of benzene rings is 1. The molecule has 0 saturated heterocycles. The molecule has 1 aliphatic carbocycles. The van der Waals surface area contributed by atoms with Crippen LogP contribution in [0.5, 0.6) is 5.75 Å². The molecule has 2 rings (SSSR count). The molecular formula is C10H13BO. The Bertz CT molecular complexity index is 292.